The summed E-state index contributed by atoms with van der Waals surface area (Å²) in [5.74, 6) is -0.418. The molecule has 4 nitrogen and oxygen atoms in total. The summed E-state index contributed by atoms with van der Waals surface area (Å²) < 4.78 is 30.4. The molecule has 1 fully saturated rings. The molecule has 1 N–H and O–H groups in total. The third-order valence-corrected chi connectivity index (χ3v) is 3.42. The van der Waals surface area contributed by atoms with E-state index in [4.69, 9.17) is 4.74 Å². The van der Waals surface area contributed by atoms with Crippen LogP contribution in [-0.4, -0.2) is 44.2 Å². The van der Waals surface area contributed by atoms with Crippen LogP contribution < -0.4 is 5.32 Å². The molecular weight excluding hydrogens is 266 g/mol. The first-order valence-electron chi connectivity index (χ1n) is 6.54. The van der Waals surface area contributed by atoms with Gasteiger partial charge in [0.2, 0.25) is 0 Å². The number of halogens is 2. The van der Waals surface area contributed by atoms with Gasteiger partial charge >= 0.3 is 5.97 Å². The van der Waals surface area contributed by atoms with Gasteiger partial charge in [-0.2, -0.15) is 0 Å². The molecule has 2 rings (SSSR count). The number of hydrogen-bond donors (Lipinski definition) is 1. The number of nitrogens with zero attached hydrogens (tertiary/aromatic N) is 1. The average molecular weight is 284 g/mol. The molecule has 6 heteroatoms. The molecule has 1 heterocycles. The van der Waals surface area contributed by atoms with Gasteiger partial charge in [0.25, 0.3) is 6.43 Å². The minimum absolute atomic E-state index is 0.0773. The van der Waals surface area contributed by atoms with Crippen molar-refractivity contribution in [3.05, 3.63) is 35.4 Å². The monoisotopic (exact) mass is 284 g/mol. The maximum atomic E-state index is 12.8. The Balaban J connectivity index is 2.30. The number of ether oxygens (including phenoxy) is 1. The lowest BCUT2D eigenvalue weighted by atomic mass is 10.0. The van der Waals surface area contributed by atoms with Crippen LogP contribution in [0.4, 0.5) is 8.78 Å². The fourth-order valence-corrected chi connectivity index (χ4v) is 2.41. The number of rotatable bonds is 4. The van der Waals surface area contributed by atoms with Gasteiger partial charge in [0, 0.05) is 31.7 Å². The highest BCUT2D eigenvalue weighted by molar-refractivity contribution is 5.77. The zero-order chi connectivity index (χ0) is 14.5. The minimum Gasteiger partial charge on any atom is -0.468 e. The standard InChI is InChI=1S/C14H18F2N2O2/c1-20-14(19)12(18-7-5-17-6-8-18)10-3-2-4-11(9-10)13(15)16/h2-4,9,12-13,17H,5-8H2,1H3. The van der Waals surface area contributed by atoms with Gasteiger partial charge in [-0.3, -0.25) is 4.90 Å². The molecule has 0 aromatic heterocycles. The number of esters is 1. The lowest BCUT2D eigenvalue weighted by Crippen LogP contribution is -2.47. The number of nitrogens with one attached hydrogen (secondary N) is 1. The zero-order valence-corrected chi connectivity index (χ0v) is 11.3. The number of carbonyl (C=O) groups is 1. The Morgan fingerprint density at radius 3 is 2.55 bits per heavy atom. The third kappa shape index (κ3) is 3.32. The quantitative estimate of drug-likeness (QED) is 0.855. The predicted molar refractivity (Wildman–Crippen MR) is 70.6 cm³/mol. The number of benzene rings is 1. The highest BCUT2D eigenvalue weighted by Gasteiger charge is 2.30. The summed E-state index contributed by atoms with van der Waals surface area (Å²) in [4.78, 5) is 14.0. The summed E-state index contributed by atoms with van der Waals surface area (Å²) >= 11 is 0. The Hall–Kier alpha value is -1.53. The molecule has 1 aliphatic heterocycles. The Morgan fingerprint density at radius 2 is 1.95 bits per heavy atom. The zero-order valence-electron chi connectivity index (χ0n) is 11.3. The van der Waals surface area contributed by atoms with E-state index in [1.807, 2.05) is 4.90 Å². The van der Waals surface area contributed by atoms with Crippen molar-refractivity contribution in [1.82, 2.24) is 10.2 Å². The van der Waals surface area contributed by atoms with Crippen LogP contribution in [0.5, 0.6) is 0 Å². The van der Waals surface area contributed by atoms with E-state index < -0.39 is 18.4 Å². The van der Waals surface area contributed by atoms with Gasteiger partial charge in [0.05, 0.1) is 7.11 Å². The van der Waals surface area contributed by atoms with Crippen molar-refractivity contribution in [1.29, 1.82) is 0 Å². The van der Waals surface area contributed by atoms with Crippen molar-refractivity contribution in [2.24, 2.45) is 0 Å². The Kier molecular flexibility index (Phi) is 5.03. The van der Waals surface area contributed by atoms with E-state index in [0.717, 1.165) is 13.1 Å². The number of carbonyl (C=O) groups excluding carboxylic acids is 1. The van der Waals surface area contributed by atoms with Crippen LogP contribution in [0.1, 0.15) is 23.6 Å². The van der Waals surface area contributed by atoms with Crippen LogP contribution in [-0.2, 0) is 9.53 Å². The van der Waals surface area contributed by atoms with Crippen molar-refractivity contribution in [3.63, 3.8) is 0 Å². The van der Waals surface area contributed by atoms with Crippen LogP contribution in [0.2, 0.25) is 0 Å². The summed E-state index contributed by atoms with van der Waals surface area (Å²) in [5.41, 5.74) is 0.475. The summed E-state index contributed by atoms with van der Waals surface area (Å²) in [5, 5.41) is 3.19. The van der Waals surface area contributed by atoms with Crippen LogP contribution in [0.3, 0.4) is 0 Å². The maximum absolute atomic E-state index is 12.8. The lowest BCUT2D eigenvalue weighted by molar-refractivity contribution is -0.147. The second-order valence-electron chi connectivity index (χ2n) is 4.68. The first kappa shape index (κ1) is 14.9. The summed E-state index contributed by atoms with van der Waals surface area (Å²) in [7, 11) is 1.31. The molecule has 20 heavy (non-hydrogen) atoms. The molecule has 1 aromatic carbocycles. The highest BCUT2D eigenvalue weighted by atomic mass is 19.3. The van der Waals surface area contributed by atoms with Crippen LogP contribution in [0, 0.1) is 0 Å². The second kappa shape index (κ2) is 6.76. The number of alkyl halides is 2. The Labute approximate surface area is 116 Å². The maximum Gasteiger partial charge on any atom is 0.327 e. The normalized spacial score (nSPS) is 18.0. The number of hydrogen-bond acceptors (Lipinski definition) is 4. The SMILES string of the molecule is COC(=O)C(c1cccc(C(F)F)c1)N1CCNCC1. The fourth-order valence-electron chi connectivity index (χ4n) is 2.41. The molecule has 110 valence electrons. The van der Waals surface area contributed by atoms with Crippen molar-refractivity contribution in [2.45, 2.75) is 12.5 Å². The van der Waals surface area contributed by atoms with Crippen molar-refractivity contribution in [2.75, 3.05) is 33.3 Å². The first-order valence-corrected chi connectivity index (χ1v) is 6.54. The molecular formula is C14H18F2N2O2. The van der Waals surface area contributed by atoms with Gasteiger partial charge in [0.1, 0.15) is 6.04 Å². The molecule has 0 amide bonds. The van der Waals surface area contributed by atoms with E-state index in [0.29, 0.717) is 18.7 Å². The molecule has 1 aliphatic rings. The molecule has 0 radical (unpaired) electrons. The van der Waals surface area contributed by atoms with Gasteiger partial charge in [-0.05, 0) is 11.6 Å². The van der Waals surface area contributed by atoms with E-state index in [2.05, 4.69) is 5.32 Å². The first-order chi connectivity index (χ1) is 9.63. The van der Waals surface area contributed by atoms with Crippen LogP contribution in [0.15, 0.2) is 24.3 Å². The summed E-state index contributed by atoms with van der Waals surface area (Å²) in [6.07, 6.45) is -2.55. The molecule has 0 spiro atoms. The van der Waals surface area contributed by atoms with E-state index in [9.17, 15) is 13.6 Å². The number of methoxy groups -OCH3 is 1. The Morgan fingerprint density at radius 1 is 1.30 bits per heavy atom. The van der Waals surface area contributed by atoms with Gasteiger partial charge < -0.3 is 10.1 Å². The minimum atomic E-state index is -2.55. The van der Waals surface area contributed by atoms with E-state index in [1.165, 1.54) is 19.2 Å². The van der Waals surface area contributed by atoms with Crippen molar-refractivity contribution < 1.29 is 18.3 Å². The molecule has 1 aromatic rings. The van der Waals surface area contributed by atoms with Gasteiger partial charge in [-0.15, -0.1) is 0 Å². The largest absolute Gasteiger partial charge is 0.468 e. The van der Waals surface area contributed by atoms with Gasteiger partial charge in [0.15, 0.2) is 0 Å². The summed E-state index contributed by atoms with van der Waals surface area (Å²) in [6, 6.07) is 5.36. The second-order valence-corrected chi connectivity index (χ2v) is 4.68. The summed E-state index contributed by atoms with van der Waals surface area (Å²) in [6.45, 7) is 2.89. The topological polar surface area (TPSA) is 41.6 Å². The smallest absolute Gasteiger partial charge is 0.327 e. The average Bonchev–Trinajstić information content (AvgIpc) is 2.48. The third-order valence-electron chi connectivity index (χ3n) is 3.42. The number of piperazine rings is 1. The van der Waals surface area contributed by atoms with Crippen molar-refractivity contribution >= 4 is 5.97 Å². The predicted octanol–water partition coefficient (Wildman–Crippen LogP) is 1.74. The van der Waals surface area contributed by atoms with Gasteiger partial charge in [-0.1, -0.05) is 18.2 Å². The van der Waals surface area contributed by atoms with E-state index in [-0.39, 0.29) is 5.56 Å². The fraction of sp³-hybridized carbons (Fsp3) is 0.500. The molecule has 1 unspecified atom stereocenters. The van der Waals surface area contributed by atoms with Crippen LogP contribution >= 0.6 is 0 Å². The highest BCUT2D eigenvalue weighted by Crippen LogP contribution is 2.27. The molecule has 1 atom stereocenters. The Bertz CT molecular complexity index is 462. The van der Waals surface area contributed by atoms with Crippen molar-refractivity contribution in [3.8, 4) is 0 Å². The molecule has 1 saturated heterocycles. The molecule has 0 aliphatic carbocycles. The van der Waals surface area contributed by atoms with Gasteiger partial charge in [-0.25, -0.2) is 13.6 Å². The molecule has 0 bridgehead atoms. The molecule has 0 saturated carbocycles. The lowest BCUT2D eigenvalue weighted by Gasteiger charge is -2.33. The van der Waals surface area contributed by atoms with Crippen LogP contribution in [0.25, 0.3) is 0 Å². The van der Waals surface area contributed by atoms with E-state index in [1.54, 1.807) is 12.1 Å². The van der Waals surface area contributed by atoms with E-state index >= 15 is 0 Å².